The molecule has 0 aromatic heterocycles. The van der Waals surface area contributed by atoms with E-state index in [4.69, 9.17) is 18.9 Å². The molecule has 0 spiro atoms. The van der Waals surface area contributed by atoms with Gasteiger partial charge in [-0.25, -0.2) is 0 Å². The number of hydrogen-bond donors (Lipinski definition) is 0. The largest absolute Gasteiger partial charge is 0.497 e. The van der Waals surface area contributed by atoms with E-state index >= 15 is 0 Å². The number of rotatable bonds is 8. The molecule has 262 valence electrons. The summed E-state index contributed by atoms with van der Waals surface area (Å²) in [7, 11) is 6.83. The van der Waals surface area contributed by atoms with Crippen molar-refractivity contribution in [2.75, 3.05) is 28.4 Å². The fourth-order valence-electron chi connectivity index (χ4n) is 7.63. The van der Waals surface area contributed by atoms with Crippen LogP contribution in [0.3, 0.4) is 0 Å². The summed E-state index contributed by atoms with van der Waals surface area (Å²) in [4.78, 5) is 0. The molecule has 4 nitrogen and oxygen atoms in total. The summed E-state index contributed by atoms with van der Waals surface area (Å²) in [6.45, 7) is 0. The van der Waals surface area contributed by atoms with Crippen molar-refractivity contribution < 1.29 is 18.9 Å². The monoisotopic (exact) mass is 702 g/mol. The van der Waals surface area contributed by atoms with Crippen LogP contribution in [-0.4, -0.2) is 28.4 Å². The molecule has 0 aliphatic heterocycles. The lowest BCUT2D eigenvalue weighted by atomic mass is 9.84. The van der Waals surface area contributed by atoms with Gasteiger partial charge in [-0.3, -0.25) is 0 Å². The molecule has 4 heteroatoms. The maximum absolute atomic E-state index is 5.54. The van der Waals surface area contributed by atoms with Gasteiger partial charge in [0.15, 0.2) is 0 Å². The molecular weight excluding hydrogens is 665 g/mol. The molecule has 0 radical (unpaired) electrons. The fraction of sp³-hybridized carbons (Fsp3) is 0.0800. The molecule has 9 aromatic carbocycles. The van der Waals surface area contributed by atoms with Gasteiger partial charge in [0.05, 0.1) is 28.4 Å². The second-order valence-corrected chi connectivity index (χ2v) is 13.7. The van der Waals surface area contributed by atoms with E-state index < -0.39 is 0 Å². The van der Waals surface area contributed by atoms with Crippen molar-refractivity contribution in [2.24, 2.45) is 0 Å². The molecule has 0 unspecified atom stereocenters. The van der Waals surface area contributed by atoms with Gasteiger partial charge in [-0.15, -0.1) is 0 Å². The SMILES string of the molecule is COc1ccc2cc(-c3cc(-c4ccc5cc(OC)ccc5c4)c(-c4ccc5cc(OC)ccc5c4)cc3-c3ccc4cc(OC)ccc4c3)ccc2c1. The summed E-state index contributed by atoms with van der Waals surface area (Å²) in [6, 6.07) is 56.6. The zero-order valence-electron chi connectivity index (χ0n) is 30.6. The average Bonchev–Trinajstić information content (AvgIpc) is 3.24. The molecule has 9 rings (SSSR count). The van der Waals surface area contributed by atoms with Gasteiger partial charge >= 0.3 is 0 Å². The lowest BCUT2D eigenvalue weighted by Gasteiger charge is -2.20. The number of fused-ring (bicyclic) bond motifs is 4. The molecule has 0 saturated carbocycles. The third kappa shape index (κ3) is 6.02. The van der Waals surface area contributed by atoms with Crippen LogP contribution in [0.2, 0.25) is 0 Å². The van der Waals surface area contributed by atoms with Gasteiger partial charge in [-0.05, 0) is 173 Å². The number of ether oxygens (including phenoxy) is 4. The fourth-order valence-corrected chi connectivity index (χ4v) is 7.63. The summed E-state index contributed by atoms with van der Waals surface area (Å²) in [5.41, 5.74) is 9.17. The average molecular weight is 703 g/mol. The predicted octanol–water partition coefficient (Wildman–Crippen LogP) is 13.0. The van der Waals surface area contributed by atoms with Crippen LogP contribution >= 0.6 is 0 Å². The number of benzene rings is 9. The lowest BCUT2D eigenvalue weighted by molar-refractivity contribution is 0.415. The van der Waals surface area contributed by atoms with Crippen LogP contribution in [0.5, 0.6) is 23.0 Å². The van der Waals surface area contributed by atoms with Crippen molar-refractivity contribution >= 4 is 43.1 Å². The number of methoxy groups -OCH3 is 4. The first kappa shape index (κ1) is 33.1. The molecule has 0 atom stereocenters. The van der Waals surface area contributed by atoms with E-state index in [0.29, 0.717) is 0 Å². The lowest BCUT2D eigenvalue weighted by Crippen LogP contribution is -1.94. The molecule has 0 amide bonds. The minimum Gasteiger partial charge on any atom is -0.497 e. The van der Waals surface area contributed by atoms with Crippen molar-refractivity contribution in [3.05, 3.63) is 158 Å². The molecule has 0 saturated heterocycles. The van der Waals surface area contributed by atoms with Crippen LogP contribution in [0.15, 0.2) is 158 Å². The Kier molecular flexibility index (Phi) is 8.36. The van der Waals surface area contributed by atoms with Gasteiger partial charge in [0.25, 0.3) is 0 Å². The first-order valence-electron chi connectivity index (χ1n) is 18.0. The van der Waals surface area contributed by atoms with Crippen LogP contribution in [0, 0.1) is 0 Å². The Balaban J connectivity index is 1.33. The second kappa shape index (κ2) is 13.6. The molecule has 54 heavy (non-hydrogen) atoms. The summed E-state index contributed by atoms with van der Waals surface area (Å²) >= 11 is 0. The van der Waals surface area contributed by atoms with E-state index in [0.717, 1.165) is 111 Å². The Morgan fingerprint density at radius 2 is 0.426 bits per heavy atom. The van der Waals surface area contributed by atoms with Gasteiger partial charge in [-0.1, -0.05) is 72.8 Å². The maximum atomic E-state index is 5.54. The minimum atomic E-state index is 0.845. The summed E-state index contributed by atoms with van der Waals surface area (Å²) in [5.74, 6) is 3.38. The molecule has 0 heterocycles. The van der Waals surface area contributed by atoms with Crippen LogP contribution in [0.4, 0.5) is 0 Å². The molecule has 9 aromatic rings. The Labute approximate surface area is 314 Å². The van der Waals surface area contributed by atoms with E-state index in [2.05, 4.69) is 133 Å². The summed E-state index contributed by atoms with van der Waals surface area (Å²) < 4.78 is 22.2. The normalized spacial score (nSPS) is 11.3. The molecule has 0 aliphatic rings. The summed E-state index contributed by atoms with van der Waals surface area (Å²) in [6.07, 6.45) is 0. The Hall–Kier alpha value is -6.78. The van der Waals surface area contributed by atoms with Crippen LogP contribution in [-0.2, 0) is 0 Å². The first-order chi connectivity index (χ1) is 26.5. The van der Waals surface area contributed by atoms with Crippen molar-refractivity contribution in [1.82, 2.24) is 0 Å². The van der Waals surface area contributed by atoms with Crippen molar-refractivity contribution in [1.29, 1.82) is 0 Å². The third-order valence-corrected chi connectivity index (χ3v) is 10.6. The molecule has 0 fully saturated rings. The van der Waals surface area contributed by atoms with Crippen molar-refractivity contribution in [3.8, 4) is 67.5 Å². The predicted molar refractivity (Wildman–Crippen MR) is 224 cm³/mol. The second-order valence-electron chi connectivity index (χ2n) is 13.7. The van der Waals surface area contributed by atoms with E-state index in [9.17, 15) is 0 Å². The molecule has 0 bridgehead atoms. The summed E-state index contributed by atoms with van der Waals surface area (Å²) in [5, 5.41) is 9.14. The molecule has 0 aliphatic carbocycles. The van der Waals surface area contributed by atoms with E-state index in [1.165, 1.54) is 0 Å². The van der Waals surface area contributed by atoms with Crippen LogP contribution in [0.25, 0.3) is 87.6 Å². The highest BCUT2D eigenvalue weighted by molar-refractivity contribution is 6.02. The highest BCUT2D eigenvalue weighted by Gasteiger charge is 2.18. The van der Waals surface area contributed by atoms with Gasteiger partial charge in [-0.2, -0.15) is 0 Å². The quantitative estimate of drug-likeness (QED) is 0.158. The zero-order valence-corrected chi connectivity index (χ0v) is 30.6. The topological polar surface area (TPSA) is 36.9 Å². The standard InChI is InChI=1S/C50H38O4/c1-51-43-17-13-31-21-39(9-5-35(31)25-43)47-29-49(41-11-7-37-27-45(53-3)19-15-33(37)23-41)50(42-12-8-38-28-46(54-4)20-16-34(38)24-42)30-48(47)40-10-6-36-26-44(52-2)18-14-32(36)22-40/h5-30H,1-4H3. The van der Waals surface area contributed by atoms with E-state index in [-0.39, 0.29) is 0 Å². The van der Waals surface area contributed by atoms with Crippen molar-refractivity contribution in [2.45, 2.75) is 0 Å². The first-order valence-corrected chi connectivity index (χ1v) is 18.0. The number of hydrogen-bond acceptors (Lipinski definition) is 4. The Morgan fingerprint density at radius 1 is 0.222 bits per heavy atom. The minimum absolute atomic E-state index is 0.845. The Morgan fingerprint density at radius 3 is 0.648 bits per heavy atom. The van der Waals surface area contributed by atoms with Gasteiger partial charge in [0, 0.05) is 0 Å². The van der Waals surface area contributed by atoms with Gasteiger partial charge in [0.1, 0.15) is 23.0 Å². The van der Waals surface area contributed by atoms with Crippen LogP contribution in [0.1, 0.15) is 0 Å². The Bertz CT molecular complexity index is 2500. The highest BCUT2D eigenvalue weighted by Crippen LogP contribution is 2.45. The van der Waals surface area contributed by atoms with Gasteiger partial charge < -0.3 is 18.9 Å². The zero-order chi connectivity index (χ0) is 36.8. The van der Waals surface area contributed by atoms with E-state index in [1.807, 2.05) is 24.3 Å². The van der Waals surface area contributed by atoms with Crippen LogP contribution < -0.4 is 18.9 Å². The highest BCUT2D eigenvalue weighted by atomic mass is 16.5. The van der Waals surface area contributed by atoms with Crippen molar-refractivity contribution in [3.63, 3.8) is 0 Å². The van der Waals surface area contributed by atoms with Gasteiger partial charge in [0.2, 0.25) is 0 Å². The maximum Gasteiger partial charge on any atom is 0.119 e. The third-order valence-electron chi connectivity index (χ3n) is 10.6. The molecular formula is C50H38O4. The van der Waals surface area contributed by atoms with E-state index in [1.54, 1.807) is 28.4 Å². The molecule has 0 N–H and O–H groups in total. The smallest absolute Gasteiger partial charge is 0.119 e.